The molecule has 50 heavy (non-hydrogen) atoms. The standard InChI is InChI=1S/C35H36F3N7O4S/c1-4-39-34(48)42-30-15-24(32-41-29(20-50-32)35(36,37)38)26(16-40-30)21-10-11-28-25(14-21)31(46)27(33(47)49-5-2)19-45(28)23-9-7-13-44(18-23)17-22-8-6-12-43(22)3/h6,8,10-12,14-16,19-20,23H,4-5,7,9,13,17-18H2,1-3H3,(H2,39,40,42,48)/t23-/m1/s1. The van der Waals surface area contributed by atoms with E-state index in [4.69, 9.17) is 4.74 Å². The van der Waals surface area contributed by atoms with Crippen LogP contribution < -0.4 is 16.1 Å². The molecule has 11 nitrogen and oxygen atoms in total. The minimum absolute atomic E-state index is 0.0481. The minimum atomic E-state index is -4.66. The van der Waals surface area contributed by atoms with E-state index in [2.05, 4.69) is 36.1 Å². The Bertz CT molecular complexity index is 2110. The number of nitrogens with zero attached hydrogens (tertiary/aromatic N) is 5. The summed E-state index contributed by atoms with van der Waals surface area (Å²) in [6, 6.07) is 10.1. The van der Waals surface area contributed by atoms with Crippen LogP contribution in [0.15, 0.2) is 65.2 Å². The zero-order chi connectivity index (χ0) is 35.6. The lowest BCUT2D eigenvalue weighted by Gasteiger charge is -2.35. The number of urea groups is 1. The van der Waals surface area contributed by atoms with Gasteiger partial charge in [-0.05, 0) is 69.1 Å². The molecule has 1 aliphatic heterocycles. The van der Waals surface area contributed by atoms with Crippen LogP contribution in [0.4, 0.5) is 23.8 Å². The van der Waals surface area contributed by atoms with Gasteiger partial charge >= 0.3 is 18.2 Å². The van der Waals surface area contributed by atoms with Gasteiger partial charge in [0.15, 0.2) is 5.69 Å². The molecule has 1 saturated heterocycles. The number of likely N-dealkylation sites (tertiary alicyclic amines) is 1. The fourth-order valence-electron chi connectivity index (χ4n) is 6.25. The molecular weight excluding hydrogens is 671 g/mol. The summed E-state index contributed by atoms with van der Waals surface area (Å²) >= 11 is 0.798. The molecule has 1 atom stereocenters. The van der Waals surface area contributed by atoms with Crippen molar-refractivity contribution in [2.75, 3.05) is 31.6 Å². The van der Waals surface area contributed by atoms with E-state index in [9.17, 15) is 27.6 Å². The number of hydrogen-bond acceptors (Lipinski definition) is 8. The summed E-state index contributed by atoms with van der Waals surface area (Å²) in [5.41, 5.74) is 1.23. The van der Waals surface area contributed by atoms with E-state index >= 15 is 0 Å². The van der Waals surface area contributed by atoms with Crippen molar-refractivity contribution in [2.45, 2.75) is 45.5 Å². The van der Waals surface area contributed by atoms with Gasteiger partial charge in [0, 0.05) is 78.9 Å². The van der Waals surface area contributed by atoms with Crippen LogP contribution in [0, 0.1) is 0 Å². The number of ether oxygens (including phenoxy) is 1. The summed E-state index contributed by atoms with van der Waals surface area (Å²) in [6.45, 7) is 6.19. The number of pyridine rings is 2. The number of amides is 2. The van der Waals surface area contributed by atoms with Crippen LogP contribution in [0.5, 0.6) is 0 Å². The lowest BCUT2D eigenvalue weighted by molar-refractivity contribution is -0.140. The number of anilines is 1. The van der Waals surface area contributed by atoms with Crippen LogP contribution in [-0.2, 0) is 24.5 Å². The van der Waals surface area contributed by atoms with Gasteiger partial charge in [0.1, 0.15) is 16.4 Å². The smallest absolute Gasteiger partial charge is 0.434 e. The number of carbonyl (C=O) groups is 2. The Morgan fingerprint density at radius 3 is 2.66 bits per heavy atom. The van der Waals surface area contributed by atoms with Crippen molar-refractivity contribution in [1.29, 1.82) is 0 Å². The van der Waals surface area contributed by atoms with Crippen molar-refractivity contribution in [1.82, 2.24) is 29.3 Å². The van der Waals surface area contributed by atoms with Crippen LogP contribution in [0.2, 0.25) is 0 Å². The van der Waals surface area contributed by atoms with Crippen molar-refractivity contribution in [3.8, 4) is 21.7 Å². The third-order valence-electron chi connectivity index (χ3n) is 8.66. The lowest BCUT2D eigenvalue weighted by Crippen LogP contribution is -2.37. The Kier molecular flexibility index (Phi) is 10.1. The predicted octanol–water partition coefficient (Wildman–Crippen LogP) is 6.70. The first kappa shape index (κ1) is 34.8. The molecule has 1 aliphatic rings. The minimum Gasteiger partial charge on any atom is -0.462 e. The summed E-state index contributed by atoms with van der Waals surface area (Å²) in [5.74, 6) is -0.635. The number of aromatic nitrogens is 4. The lowest BCUT2D eigenvalue weighted by atomic mass is 9.98. The molecule has 5 aromatic rings. The largest absolute Gasteiger partial charge is 0.462 e. The van der Waals surface area contributed by atoms with Gasteiger partial charge in [0.25, 0.3) is 0 Å². The number of esters is 1. The second kappa shape index (κ2) is 14.5. The molecule has 5 heterocycles. The molecule has 6 rings (SSSR count). The van der Waals surface area contributed by atoms with E-state index in [1.165, 1.54) is 18.0 Å². The number of carbonyl (C=O) groups excluding carboxylic acids is 2. The monoisotopic (exact) mass is 707 g/mol. The third kappa shape index (κ3) is 7.28. The Morgan fingerprint density at radius 2 is 1.96 bits per heavy atom. The Morgan fingerprint density at radius 1 is 1.14 bits per heavy atom. The van der Waals surface area contributed by atoms with E-state index in [1.54, 1.807) is 38.2 Å². The average molecular weight is 708 g/mol. The van der Waals surface area contributed by atoms with Crippen molar-refractivity contribution < 1.29 is 27.5 Å². The van der Waals surface area contributed by atoms with Gasteiger partial charge in [-0.15, -0.1) is 11.3 Å². The number of thiazole rings is 1. The normalized spacial score (nSPS) is 15.3. The molecule has 0 saturated carbocycles. The summed E-state index contributed by atoms with van der Waals surface area (Å²) in [5, 5.41) is 6.40. The molecule has 0 unspecified atom stereocenters. The van der Waals surface area contributed by atoms with Crippen LogP contribution in [0.3, 0.4) is 0 Å². The molecule has 262 valence electrons. The summed E-state index contributed by atoms with van der Waals surface area (Å²) in [6.07, 6.45) is 2.09. The number of benzene rings is 1. The molecule has 1 aromatic carbocycles. The molecule has 4 aromatic heterocycles. The highest BCUT2D eigenvalue weighted by Gasteiger charge is 2.34. The maximum atomic E-state index is 13.9. The third-order valence-corrected chi connectivity index (χ3v) is 9.53. The van der Waals surface area contributed by atoms with Crippen LogP contribution >= 0.6 is 11.3 Å². The average Bonchev–Trinajstić information content (AvgIpc) is 3.75. The molecule has 1 fully saturated rings. The highest BCUT2D eigenvalue weighted by molar-refractivity contribution is 7.13. The van der Waals surface area contributed by atoms with Crippen LogP contribution in [-0.4, -0.2) is 62.2 Å². The number of rotatable bonds is 9. The molecule has 2 amide bonds. The second-order valence-electron chi connectivity index (χ2n) is 12.0. The Hall–Kier alpha value is -5.02. The van der Waals surface area contributed by atoms with Crippen molar-refractivity contribution in [2.24, 2.45) is 7.05 Å². The highest BCUT2D eigenvalue weighted by atomic mass is 32.1. The zero-order valence-corrected chi connectivity index (χ0v) is 28.5. The zero-order valence-electron chi connectivity index (χ0n) is 27.7. The maximum absolute atomic E-state index is 13.9. The van der Waals surface area contributed by atoms with Crippen LogP contribution in [0.25, 0.3) is 32.6 Å². The van der Waals surface area contributed by atoms with Crippen molar-refractivity contribution >= 4 is 40.1 Å². The number of fused-ring (bicyclic) bond motifs is 1. The summed E-state index contributed by atoms with van der Waals surface area (Å²) < 4.78 is 50.0. The van der Waals surface area contributed by atoms with Gasteiger partial charge in [-0.25, -0.2) is 19.6 Å². The molecular formula is C35H36F3N7O4S. The van der Waals surface area contributed by atoms with E-state index < -0.39 is 29.3 Å². The molecule has 0 bridgehead atoms. The number of piperidine rings is 1. The van der Waals surface area contributed by atoms with Gasteiger partial charge < -0.3 is 19.2 Å². The Labute approximate surface area is 289 Å². The van der Waals surface area contributed by atoms with Gasteiger partial charge in [0.2, 0.25) is 5.43 Å². The van der Waals surface area contributed by atoms with Crippen LogP contribution in [0.1, 0.15) is 54.5 Å². The first-order valence-corrected chi connectivity index (χ1v) is 17.1. The summed E-state index contributed by atoms with van der Waals surface area (Å²) in [7, 11) is 2.01. The highest BCUT2D eigenvalue weighted by Crippen LogP contribution is 2.39. The van der Waals surface area contributed by atoms with E-state index in [0.717, 1.165) is 42.6 Å². The topological polar surface area (TPSA) is 123 Å². The van der Waals surface area contributed by atoms with Gasteiger partial charge in [0.05, 0.1) is 12.1 Å². The molecule has 15 heteroatoms. The SMILES string of the molecule is CCNC(=O)Nc1cc(-c2nc(C(F)(F)F)cs2)c(-c2ccc3c(c2)c(=O)c(C(=O)OCC)cn3[C@@H]2CCCN(Cc3cccn3C)C2)cn1. The maximum Gasteiger partial charge on any atom is 0.434 e. The van der Waals surface area contributed by atoms with Crippen molar-refractivity contribution in [3.63, 3.8) is 0 Å². The number of nitrogens with one attached hydrogen (secondary N) is 2. The van der Waals surface area contributed by atoms with Gasteiger partial charge in [-0.3, -0.25) is 15.0 Å². The first-order chi connectivity index (χ1) is 24.0. The van der Waals surface area contributed by atoms with E-state index in [-0.39, 0.29) is 40.0 Å². The molecule has 0 aliphatic carbocycles. The number of aryl methyl sites for hydroxylation is 1. The number of halogens is 3. The fourth-order valence-corrected chi connectivity index (χ4v) is 7.11. The quantitative estimate of drug-likeness (QED) is 0.164. The fraction of sp³-hybridized carbons (Fsp3) is 0.343. The van der Waals surface area contributed by atoms with E-state index in [0.29, 0.717) is 29.7 Å². The molecule has 2 N–H and O–H groups in total. The first-order valence-electron chi connectivity index (χ1n) is 16.2. The van der Waals surface area contributed by atoms with Gasteiger partial charge in [-0.2, -0.15) is 13.2 Å². The van der Waals surface area contributed by atoms with E-state index in [1.807, 2.05) is 23.9 Å². The predicted molar refractivity (Wildman–Crippen MR) is 185 cm³/mol. The number of hydrogen-bond donors (Lipinski definition) is 2. The van der Waals surface area contributed by atoms with Gasteiger partial charge in [-0.1, -0.05) is 6.07 Å². The summed E-state index contributed by atoms with van der Waals surface area (Å²) in [4.78, 5) is 49.8. The van der Waals surface area contributed by atoms with Crippen molar-refractivity contribution in [3.05, 3.63) is 87.5 Å². The Balaban J connectivity index is 1.46. The number of alkyl halides is 3. The second-order valence-corrected chi connectivity index (χ2v) is 12.9. The molecule has 0 spiro atoms. The molecule has 0 radical (unpaired) electrons.